The van der Waals surface area contributed by atoms with Gasteiger partial charge in [-0.3, -0.25) is 4.79 Å². The van der Waals surface area contributed by atoms with Gasteiger partial charge >= 0.3 is 0 Å². The summed E-state index contributed by atoms with van der Waals surface area (Å²) >= 11 is 0. The van der Waals surface area contributed by atoms with Crippen molar-refractivity contribution in [1.29, 1.82) is 0 Å². The highest BCUT2D eigenvalue weighted by atomic mass is 33.1. The lowest BCUT2D eigenvalue weighted by molar-refractivity contribution is 0.104. The van der Waals surface area contributed by atoms with Crippen molar-refractivity contribution >= 4 is 25.4 Å². The molecule has 136 valence electrons. The third-order valence-corrected chi connectivity index (χ3v) is 7.29. The van der Waals surface area contributed by atoms with Crippen molar-refractivity contribution in [2.45, 2.75) is 18.2 Å². The van der Waals surface area contributed by atoms with Gasteiger partial charge in [0.05, 0.1) is 4.90 Å². The highest BCUT2D eigenvalue weighted by molar-refractivity contribution is 8.73. The predicted octanol–water partition coefficient (Wildman–Crippen LogP) is 3.05. The first-order chi connectivity index (χ1) is 12.5. The van der Waals surface area contributed by atoms with Gasteiger partial charge in [0.15, 0.2) is 0 Å². The van der Waals surface area contributed by atoms with Crippen molar-refractivity contribution < 1.29 is 13.2 Å². The largest absolute Gasteiger partial charge is 0.371 e. The molecule has 5 nitrogen and oxygen atoms in total. The van der Waals surface area contributed by atoms with Crippen LogP contribution in [-0.4, -0.2) is 27.3 Å². The molecule has 0 aromatic heterocycles. The Morgan fingerprint density at radius 3 is 2.19 bits per heavy atom. The number of aryl methyl sites for hydroxylation is 1. The number of rotatable bonds is 5. The molecule has 0 spiro atoms. The summed E-state index contributed by atoms with van der Waals surface area (Å²) < 4.78 is 25.6. The van der Waals surface area contributed by atoms with Crippen LogP contribution in [0.5, 0.6) is 0 Å². The molecule has 1 heterocycles. The van der Waals surface area contributed by atoms with Gasteiger partial charge in [-0.2, -0.15) is 0 Å². The molecule has 1 aliphatic rings. The molecule has 2 aromatic rings. The number of ketones is 1. The van der Waals surface area contributed by atoms with E-state index < -0.39 is 8.87 Å². The van der Waals surface area contributed by atoms with E-state index in [4.69, 9.17) is 0 Å². The molecule has 26 heavy (non-hydrogen) atoms. The summed E-state index contributed by atoms with van der Waals surface area (Å²) in [4.78, 5) is 13.4. The Balaban J connectivity index is 1.99. The number of benzene rings is 2. The molecule has 2 aromatic carbocycles. The number of Topliss-reactive ketones (excluding diaryl/α,β-unsaturated/α-hetero) is 1. The zero-order valence-electron chi connectivity index (χ0n) is 14.4. The van der Waals surface area contributed by atoms with Crippen LogP contribution in [0.15, 0.2) is 70.2 Å². The molecule has 1 saturated heterocycles. The Morgan fingerprint density at radius 1 is 0.962 bits per heavy atom. The third kappa shape index (κ3) is 4.28. The van der Waals surface area contributed by atoms with Gasteiger partial charge in [-0.15, -0.1) is 0 Å². The fraction of sp³-hybridized carbons (Fsp3) is 0.211. The van der Waals surface area contributed by atoms with Gasteiger partial charge in [0.1, 0.15) is 10.7 Å². The Morgan fingerprint density at radius 2 is 1.58 bits per heavy atom. The van der Waals surface area contributed by atoms with Crippen molar-refractivity contribution in [2.24, 2.45) is 0 Å². The lowest BCUT2D eigenvalue weighted by Crippen LogP contribution is -2.37. The van der Waals surface area contributed by atoms with Gasteiger partial charge < -0.3 is 10.6 Å². The summed E-state index contributed by atoms with van der Waals surface area (Å²) in [5, 5.41) is 6.24. The molecule has 7 heteroatoms. The number of allylic oxidation sites excluding steroid dienone is 1. The average molecular weight is 389 g/mol. The van der Waals surface area contributed by atoms with Crippen LogP contribution in [0.2, 0.25) is 0 Å². The van der Waals surface area contributed by atoms with E-state index in [9.17, 15) is 13.2 Å². The van der Waals surface area contributed by atoms with Gasteiger partial charge in [0, 0.05) is 29.4 Å². The quantitative estimate of drug-likeness (QED) is 0.466. The minimum absolute atomic E-state index is 0.164. The molecule has 0 amide bonds. The molecule has 0 radical (unpaired) electrons. The summed E-state index contributed by atoms with van der Waals surface area (Å²) in [5.41, 5.74) is 1.50. The van der Waals surface area contributed by atoms with Crippen molar-refractivity contribution in [3.05, 3.63) is 76.5 Å². The first-order valence-corrected chi connectivity index (χ1v) is 11.1. The maximum atomic E-state index is 13.0. The van der Waals surface area contributed by atoms with Crippen LogP contribution in [-0.2, 0) is 8.87 Å². The SMILES string of the molecule is Cc1ccc(C(=O)C(SS(=O)(=O)c2ccccc2)=C2NCCCN2)cc1. The topological polar surface area (TPSA) is 75.3 Å². The van der Waals surface area contributed by atoms with Crippen LogP contribution < -0.4 is 10.6 Å². The van der Waals surface area contributed by atoms with Gasteiger partial charge in [0.2, 0.25) is 14.7 Å². The first-order valence-electron chi connectivity index (χ1n) is 8.30. The fourth-order valence-electron chi connectivity index (χ4n) is 2.51. The fourth-order valence-corrected chi connectivity index (χ4v) is 5.50. The molecule has 0 unspecified atom stereocenters. The Kier molecular flexibility index (Phi) is 5.68. The van der Waals surface area contributed by atoms with Crippen molar-refractivity contribution in [3.63, 3.8) is 0 Å². The monoisotopic (exact) mass is 388 g/mol. The van der Waals surface area contributed by atoms with Crippen LogP contribution >= 0.6 is 10.8 Å². The second-order valence-corrected chi connectivity index (χ2v) is 9.73. The predicted molar refractivity (Wildman–Crippen MR) is 104 cm³/mol. The molecule has 0 atom stereocenters. The highest BCUT2D eigenvalue weighted by Crippen LogP contribution is 2.33. The summed E-state index contributed by atoms with van der Waals surface area (Å²) in [6.45, 7) is 3.32. The molecule has 1 aliphatic heterocycles. The van der Waals surface area contributed by atoms with E-state index in [1.807, 2.05) is 19.1 Å². The Hall–Kier alpha value is -2.25. The molecule has 3 rings (SSSR count). The van der Waals surface area contributed by atoms with Crippen LogP contribution in [0.3, 0.4) is 0 Å². The second kappa shape index (κ2) is 7.97. The maximum Gasteiger partial charge on any atom is 0.234 e. The molecular formula is C19H20N2O3S2. The molecule has 0 aliphatic carbocycles. The van der Waals surface area contributed by atoms with E-state index in [0.29, 0.717) is 35.3 Å². The molecular weight excluding hydrogens is 368 g/mol. The van der Waals surface area contributed by atoms with Crippen molar-refractivity contribution in [3.8, 4) is 0 Å². The van der Waals surface area contributed by atoms with E-state index in [0.717, 1.165) is 12.0 Å². The lowest BCUT2D eigenvalue weighted by atomic mass is 10.1. The van der Waals surface area contributed by atoms with E-state index in [1.165, 1.54) is 12.1 Å². The van der Waals surface area contributed by atoms with Gasteiger partial charge in [0.25, 0.3) is 0 Å². The van der Waals surface area contributed by atoms with E-state index in [-0.39, 0.29) is 15.6 Å². The van der Waals surface area contributed by atoms with Crippen LogP contribution in [0, 0.1) is 6.92 Å². The third-order valence-electron chi connectivity index (χ3n) is 3.93. The van der Waals surface area contributed by atoms with Crippen LogP contribution in [0.4, 0.5) is 0 Å². The summed E-state index contributed by atoms with van der Waals surface area (Å²) in [7, 11) is -3.12. The van der Waals surface area contributed by atoms with Crippen molar-refractivity contribution in [2.75, 3.05) is 13.1 Å². The Bertz CT molecular complexity index is 913. The van der Waals surface area contributed by atoms with Crippen LogP contribution in [0.25, 0.3) is 0 Å². The summed E-state index contributed by atoms with van der Waals surface area (Å²) in [6.07, 6.45) is 0.908. The van der Waals surface area contributed by atoms with Gasteiger partial charge in [-0.25, -0.2) is 8.42 Å². The lowest BCUT2D eigenvalue weighted by Gasteiger charge is -2.22. The molecule has 0 saturated carbocycles. The summed E-state index contributed by atoms with van der Waals surface area (Å²) in [6, 6.07) is 15.3. The van der Waals surface area contributed by atoms with E-state index in [1.54, 1.807) is 30.3 Å². The van der Waals surface area contributed by atoms with E-state index in [2.05, 4.69) is 10.6 Å². The first kappa shape index (κ1) is 18.5. The number of nitrogens with one attached hydrogen (secondary N) is 2. The normalized spacial score (nSPS) is 14.3. The number of hydrogen-bond donors (Lipinski definition) is 2. The zero-order valence-corrected chi connectivity index (χ0v) is 16.0. The molecule has 0 bridgehead atoms. The summed E-state index contributed by atoms with van der Waals surface area (Å²) in [5.74, 6) is 0.165. The van der Waals surface area contributed by atoms with Gasteiger partial charge in [-0.1, -0.05) is 48.0 Å². The number of carbonyl (C=O) groups is 1. The Labute approximate surface area is 157 Å². The smallest absolute Gasteiger partial charge is 0.234 e. The molecule has 2 N–H and O–H groups in total. The maximum absolute atomic E-state index is 13.0. The van der Waals surface area contributed by atoms with Crippen molar-refractivity contribution in [1.82, 2.24) is 10.6 Å². The van der Waals surface area contributed by atoms with Gasteiger partial charge in [-0.05, 0) is 25.5 Å². The van der Waals surface area contributed by atoms with E-state index >= 15 is 0 Å². The zero-order chi connectivity index (χ0) is 18.6. The number of carbonyl (C=O) groups excluding carboxylic acids is 1. The minimum atomic E-state index is -3.71. The second-order valence-electron chi connectivity index (χ2n) is 5.96. The highest BCUT2D eigenvalue weighted by Gasteiger charge is 2.27. The minimum Gasteiger partial charge on any atom is -0.371 e. The standard InChI is InChI=1S/C19H20N2O3S2/c1-14-8-10-15(11-9-14)17(22)18(19-20-12-5-13-21-19)25-26(23,24)16-6-3-2-4-7-16/h2-4,6-11,20-21H,5,12-13H2,1H3. The molecule has 1 fully saturated rings. The number of hydrogen-bond acceptors (Lipinski definition) is 6. The van der Waals surface area contributed by atoms with Crippen LogP contribution in [0.1, 0.15) is 22.3 Å². The average Bonchev–Trinajstić information content (AvgIpc) is 2.68.